The molecule has 3 unspecified atom stereocenters. The van der Waals surface area contributed by atoms with Crippen LogP contribution in [0.15, 0.2) is 18.2 Å². The topological polar surface area (TPSA) is 32.7 Å². The molecule has 1 aromatic carbocycles. The first-order valence-electron chi connectivity index (χ1n) is 6.42. The van der Waals surface area contributed by atoms with Gasteiger partial charge in [0.1, 0.15) is 5.75 Å². The zero-order valence-corrected chi connectivity index (χ0v) is 11.3. The van der Waals surface area contributed by atoms with Crippen molar-refractivity contribution in [3.63, 3.8) is 0 Å². The van der Waals surface area contributed by atoms with Gasteiger partial charge in [-0.05, 0) is 37.6 Å². The molecule has 0 aromatic heterocycles. The Bertz CT molecular complexity index is 465. The third-order valence-corrected chi connectivity index (χ3v) is 4.62. The van der Waals surface area contributed by atoms with Crippen molar-refractivity contribution < 1.29 is 9.84 Å². The predicted molar refractivity (Wildman–Crippen MR) is 71.1 cm³/mol. The number of hydrogen-bond acceptors (Lipinski definition) is 3. The summed E-state index contributed by atoms with van der Waals surface area (Å²) in [6, 6.07) is 5.50. The van der Waals surface area contributed by atoms with E-state index in [1.165, 1.54) is 0 Å². The Morgan fingerprint density at radius 3 is 3.06 bits per heavy atom. The molecule has 0 aliphatic carbocycles. The molecular weight excluding hydrogens is 250 g/mol. The molecule has 1 N–H and O–H groups in total. The van der Waals surface area contributed by atoms with E-state index in [1.54, 1.807) is 13.2 Å². The van der Waals surface area contributed by atoms with E-state index in [2.05, 4.69) is 4.90 Å². The van der Waals surface area contributed by atoms with Gasteiger partial charge in [-0.1, -0.05) is 11.6 Å². The van der Waals surface area contributed by atoms with Crippen molar-refractivity contribution in [3.05, 3.63) is 28.8 Å². The van der Waals surface area contributed by atoms with Crippen LogP contribution in [0.2, 0.25) is 5.02 Å². The molecule has 18 heavy (non-hydrogen) atoms. The van der Waals surface area contributed by atoms with Crippen LogP contribution in [0, 0.1) is 5.92 Å². The first kappa shape index (κ1) is 12.3. The van der Waals surface area contributed by atoms with Gasteiger partial charge in [-0.2, -0.15) is 0 Å². The SMILES string of the molecule is COc1ccc(Cl)cc1C1(O)CCN2CCC1C2. The zero-order chi connectivity index (χ0) is 12.8. The highest BCUT2D eigenvalue weighted by molar-refractivity contribution is 6.30. The van der Waals surface area contributed by atoms with Crippen molar-refractivity contribution in [3.8, 4) is 5.75 Å². The molecule has 0 radical (unpaired) electrons. The fourth-order valence-electron chi connectivity index (χ4n) is 3.33. The number of rotatable bonds is 2. The fourth-order valence-corrected chi connectivity index (χ4v) is 3.50. The highest BCUT2D eigenvalue weighted by Crippen LogP contribution is 2.46. The van der Waals surface area contributed by atoms with E-state index in [0.717, 1.165) is 43.8 Å². The highest BCUT2D eigenvalue weighted by atomic mass is 35.5. The lowest BCUT2D eigenvalue weighted by Crippen LogP contribution is -2.44. The molecule has 2 bridgehead atoms. The summed E-state index contributed by atoms with van der Waals surface area (Å²) in [4.78, 5) is 2.41. The normalized spacial score (nSPS) is 34.6. The maximum atomic E-state index is 11.1. The first-order valence-corrected chi connectivity index (χ1v) is 6.80. The summed E-state index contributed by atoms with van der Waals surface area (Å²) in [5.74, 6) is 1.03. The van der Waals surface area contributed by atoms with Crippen LogP contribution in [0.25, 0.3) is 0 Å². The van der Waals surface area contributed by atoms with Crippen molar-refractivity contribution in [1.29, 1.82) is 0 Å². The number of hydrogen-bond donors (Lipinski definition) is 1. The van der Waals surface area contributed by atoms with E-state index < -0.39 is 5.60 Å². The van der Waals surface area contributed by atoms with Crippen LogP contribution < -0.4 is 4.74 Å². The van der Waals surface area contributed by atoms with E-state index in [-0.39, 0.29) is 0 Å². The molecule has 3 rings (SSSR count). The molecule has 2 saturated heterocycles. The molecule has 4 heteroatoms. The molecule has 2 aliphatic heterocycles. The second-order valence-corrected chi connectivity index (χ2v) is 5.74. The Kier molecular flexibility index (Phi) is 3.00. The summed E-state index contributed by atoms with van der Waals surface area (Å²) < 4.78 is 5.39. The lowest BCUT2D eigenvalue weighted by atomic mass is 9.76. The van der Waals surface area contributed by atoms with Gasteiger partial charge >= 0.3 is 0 Å². The van der Waals surface area contributed by atoms with E-state index in [4.69, 9.17) is 16.3 Å². The van der Waals surface area contributed by atoms with E-state index >= 15 is 0 Å². The Balaban J connectivity index is 2.04. The zero-order valence-electron chi connectivity index (χ0n) is 10.5. The van der Waals surface area contributed by atoms with Gasteiger partial charge in [0.05, 0.1) is 12.7 Å². The van der Waals surface area contributed by atoms with Gasteiger partial charge in [-0.3, -0.25) is 0 Å². The summed E-state index contributed by atoms with van der Waals surface area (Å²) >= 11 is 6.08. The molecule has 0 spiro atoms. The predicted octanol–water partition coefficient (Wildman–Crippen LogP) is 2.26. The Morgan fingerprint density at radius 1 is 1.44 bits per heavy atom. The number of halogens is 1. The second-order valence-electron chi connectivity index (χ2n) is 5.31. The minimum Gasteiger partial charge on any atom is -0.496 e. The van der Waals surface area contributed by atoms with Crippen molar-refractivity contribution in [2.75, 3.05) is 26.7 Å². The summed E-state index contributed by atoms with van der Waals surface area (Å²) in [7, 11) is 1.64. The summed E-state index contributed by atoms with van der Waals surface area (Å²) in [6.45, 7) is 3.02. The average Bonchev–Trinajstić information content (AvgIpc) is 2.79. The molecule has 0 saturated carbocycles. The first-order chi connectivity index (χ1) is 8.63. The molecule has 2 fully saturated rings. The van der Waals surface area contributed by atoms with Crippen LogP contribution in [0.4, 0.5) is 0 Å². The van der Waals surface area contributed by atoms with Gasteiger partial charge in [-0.25, -0.2) is 0 Å². The number of fused-ring (bicyclic) bond motifs is 2. The highest BCUT2D eigenvalue weighted by Gasteiger charge is 2.47. The number of ether oxygens (including phenoxy) is 1. The molecule has 2 aliphatic rings. The molecule has 3 nitrogen and oxygen atoms in total. The Hall–Kier alpha value is -0.770. The summed E-state index contributed by atoms with van der Waals surface area (Å²) in [5.41, 5.74) is 0.0625. The van der Waals surface area contributed by atoms with Gasteiger partial charge in [0.15, 0.2) is 0 Å². The lowest BCUT2D eigenvalue weighted by molar-refractivity contribution is -0.0516. The molecule has 98 valence electrons. The number of piperidine rings is 1. The Morgan fingerprint density at radius 2 is 2.28 bits per heavy atom. The summed E-state index contributed by atoms with van der Waals surface area (Å²) in [5, 5.41) is 11.8. The maximum absolute atomic E-state index is 11.1. The van der Waals surface area contributed by atoms with Gasteiger partial charge in [0.2, 0.25) is 0 Å². The average molecular weight is 268 g/mol. The van der Waals surface area contributed by atoms with Crippen LogP contribution in [-0.4, -0.2) is 36.8 Å². The monoisotopic (exact) mass is 267 g/mol. The second kappa shape index (κ2) is 4.41. The Labute approximate surface area is 112 Å². The molecule has 3 atom stereocenters. The molecule has 2 heterocycles. The van der Waals surface area contributed by atoms with Crippen LogP contribution >= 0.6 is 11.6 Å². The third kappa shape index (κ3) is 1.81. The van der Waals surface area contributed by atoms with Gasteiger partial charge in [0.25, 0.3) is 0 Å². The standard InChI is InChI=1S/C14H18ClNO2/c1-18-13-3-2-11(15)8-12(13)14(17)5-7-16-6-4-10(14)9-16/h2-3,8,10,17H,4-7,9H2,1H3. The van der Waals surface area contributed by atoms with Crippen LogP contribution in [0.3, 0.4) is 0 Å². The number of aliphatic hydroxyl groups is 1. The number of nitrogens with zero attached hydrogens (tertiary/aromatic N) is 1. The van der Waals surface area contributed by atoms with Crippen molar-refractivity contribution in [2.45, 2.75) is 18.4 Å². The number of methoxy groups -OCH3 is 1. The smallest absolute Gasteiger partial charge is 0.125 e. The van der Waals surface area contributed by atoms with Crippen LogP contribution in [0.5, 0.6) is 5.75 Å². The van der Waals surface area contributed by atoms with E-state index in [9.17, 15) is 5.11 Å². The maximum Gasteiger partial charge on any atom is 0.125 e. The van der Waals surface area contributed by atoms with Gasteiger partial charge in [-0.15, -0.1) is 0 Å². The molecular formula is C14H18ClNO2. The largest absolute Gasteiger partial charge is 0.496 e. The van der Waals surface area contributed by atoms with E-state index in [0.29, 0.717) is 10.9 Å². The molecule has 1 aromatic rings. The quantitative estimate of drug-likeness (QED) is 0.892. The fraction of sp³-hybridized carbons (Fsp3) is 0.571. The van der Waals surface area contributed by atoms with Crippen LogP contribution in [0.1, 0.15) is 18.4 Å². The van der Waals surface area contributed by atoms with E-state index in [1.807, 2.05) is 12.1 Å². The third-order valence-electron chi connectivity index (χ3n) is 4.38. The number of benzene rings is 1. The minimum atomic E-state index is -0.788. The van der Waals surface area contributed by atoms with Gasteiger partial charge in [0, 0.05) is 29.6 Å². The van der Waals surface area contributed by atoms with Crippen molar-refractivity contribution in [1.82, 2.24) is 4.90 Å². The van der Waals surface area contributed by atoms with Crippen molar-refractivity contribution in [2.24, 2.45) is 5.92 Å². The minimum absolute atomic E-state index is 0.290. The summed E-state index contributed by atoms with van der Waals surface area (Å²) in [6.07, 6.45) is 1.81. The van der Waals surface area contributed by atoms with Gasteiger partial charge < -0.3 is 14.7 Å². The lowest BCUT2D eigenvalue weighted by Gasteiger charge is -2.39. The van der Waals surface area contributed by atoms with Crippen molar-refractivity contribution >= 4 is 11.6 Å². The molecule has 0 amide bonds. The van der Waals surface area contributed by atoms with Crippen LogP contribution in [-0.2, 0) is 5.60 Å².